The lowest BCUT2D eigenvalue weighted by atomic mass is 9.95. The first-order valence-electron chi connectivity index (χ1n) is 14.2. The highest BCUT2D eigenvalue weighted by Crippen LogP contribution is 2.63. The fraction of sp³-hybridized carbons (Fsp3) is 0.188. The minimum atomic E-state index is -3.05. The second kappa shape index (κ2) is 17.6. The van der Waals surface area contributed by atoms with Crippen LogP contribution in [0.4, 0.5) is 17.3 Å². The van der Waals surface area contributed by atoms with E-state index < -0.39 is 14.9 Å². The van der Waals surface area contributed by atoms with Crippen LogP contribution < -0.4 is 0 Å². The maximum absolute atomic E-state index is 13.0. The lowest BCUT2D eigenvalue weighted by Crippen LogP contribution is -2.07. The van der Waals surface area contributed by atoms with Gasteiger partial charge in [-0.05, 0) is 52.7 Å². The lowest BCUT2D eigenvalue weighted by Gasteiger charge is -2.19. The van der Waals surface area contributed by atoms with Gasteiger partial charge in [-0.2, -0.15) is 0 Å². The van der Waals surface area contributed by atoms with E-state index >= 15 is 0 Å². The molecule has 0 bridgehead atoms. The van der Waals surface area contributed by atoms with Crippen LogP contribution in [-0.2, 0) is 18.9 Å². The van der Waals surface area contributed by atoms with Gasteiger partial charge in [0.15, 0.2) is 11.6 Å². The zero-order valence-electron chi connectivity index (χ0n) is 26.5. The summed E-state index contributed by atoms with van der Waals surface area (Å²) in [4.78, 5) is 27.0. The minimum Gasteiger partial charge on any atom is -0.508 e. The van der Waals surface area contributed by atoms with E-state index in [9.17, 15) is 26.9 Å². The Morgan fingerprint density at radius 1 is 0.583 bits per heavy atom. The zero-order chi connectivity index (χ0) is 35.1. The van der Waals surface area contributed by atoms with E-state index in [1.807, 2.05) is 74.5 Å². The molecule has 0 fully saturated rings. The van der Waals surface area contributed by atoms with Crippen LogP contribution >= 0.6 is 70.6 Å². The van der Waals surface area contributed by atoms with E-state index in [0.29, 0.717) is 0 Å². The van der Waals surface area contributed by atoms with Crippen molar-refractivity contribution in [3.8, 4) is 0 Å². The van der Waals surface area contributed by atoms with Gasteiger partial charge in [-0.1, -0.05) is 131 Å². The minimum absolute atomic E-state index is 0.103. The van der Waals surface area contributed by atoms with Crippen molar-refractivity contribution < 1.29 is 36.2 Å². The van der Waals surface area contributed by atoms with Crippen LogP contribution in [-0.4, -0.2) is 26.5 Å². The number of Topliss-reactive ketones (excluding diaryl/α,β-unsaturated/α-hetero) is 2. The quantitative estimate of drug-likeness (QED) is 0.0852. The Hall–Kier alpha value is -2.23. The van der Waals surface area contributed by atoms with Crippen LogP contribution in [0.1, 0.15) is 52.7 Å². The Labute approximate surface area is 304 Å². The summed E-state index contributed by atoms with van der Waals surface area (Å²) in [5.74, 6) is -1.04. The van der Waals surface area contributed by atoms with Crippen molar-refractivity contribution in [3.05, 3.63) is 120 Å². The summed E-state index contributed by atoms with van der Waals surface area (Å²) in [7, 11) is -6.10. The number of hydrogen-bond donors (Lipinski definition) is 0. The van der Waals surface area contributed by atoms with Gasteiger partial charge in [-0.25, -0.2) is 17.3 Å². The van der Waals surface area contributed by atoms with Crippen molar-refractivity contribution in [1.82, 2.24) is 0 Å². The molecular weight excluding hydrogens is 738 g/mol. The van der Waals surface area contributed by atoms with E-state index in [-0.39, 0.29) is 32.9 Å². The van der Waals surface area contributed by atoms with Crippen LogP contribution in [0.25, 0.3) is 11.1 Å². The Morgan fingerprint density at radius 3 is 1.21 bits per heavy atom. The third-order valence-corrected chi connectivity index (χ3v) is 15.0. The lowest BCUT2D eigenvalue weighted by molar-refractivity contribution is -0.113. The van der Waals surface area contributed by atoms with Crippen LogP contribution in [0, 0.1) is 0 Å². The summed E-state index contributed by atoms with van der Waals surface area (Å²) in [6, 6.07) is 19.7. The molecule has 0 aliphatic carbocycles. The molecule has 0 aromatic heterocycles. The van der Waals surface area contributed by atoms with Gasteiger partial charge in [0, 0.05) is 21.0 Å². The molecule has 0 amide bonds. The van der Waals surface area contributed by atoms with E-state index in [2.05, 4.69) is 9.31 Å². The number of halogens is 4. The van der Waals surface area contributed by atoms with Crippen molar-refractivity contribution in [3.63, 3.8) is 0 Å². The van der Waals surface area contributed by atoms with Crippen molar-refractivity contribution in [2.24, 2.45) is 0 Å². The molecule has 0 atom stereocenters. The summed E-state index contributed by atoms with van der Waals surface area (Å²) in [6.45, 7) is 9.20. The van der Waals surface area contributed by atoms with E-state index in [0.717, 1.165) is 72.6 Å². The first-order chi connectivity index (χ1) is 22.8. The van der Waals surface area contributed by atoms with Crippen LogP contribution in [0.2, 0.25) is 0 Å². The second-order valence-electron chi connectivity index (χ2n) is 10.00. The number of ketones is 2. The number of allylic oxidation sites excluding steroid dienone is 8. The Morgan fingerprint density at radius 2 is 0.917 bits per heavy atom. The smallest absolute Gasteiger partial charge is 0.508 e. The molecule has 0 N–H and O–H groups in total. The standard InChI is InChI=1S/C32H28B2F4O4S6/c1-17(39)27(19(3)41-33(35)36)45-29-21(5)43-31(47-29)25(23-13-9-7-10-14-23)26(24-15-11-8-12-16-24)32-44-22(6)30(48-32)46-28(18(2)40)20(4)42-34(37)38/h7-16H,1-6H3/b27-19-,28-20-,31-25-,32-26-. The van der Waals surface area contributed by atoms with Gasteiger partial charge in [-0.15, -0.1) is 0 Å². The molecule has 16 heteroatoms. The summed E-state index contributed by atoms with van der Waals surface area (Å²) < 4.78 is 64.7. The molecule has 2 aromatic carbocycles. The largest absolute Gasteiger partial charge is 0.796 e. The summed E-state index contributed by atoms with van der Waals surface area (Å²) in [5.41, 5.74) is 3.72. The Bertz CT molecular complexity index is 1650. The molecular formula is C32H28B2F4O4S6. The molecule has 0 spiro atoms. The zero-order valence-corrected chi connectivity index (χ0v) is 31.4. The van der Waals surface area contributed by atoms with Crippen molar-refractivity contribution in [1.29, 1.82) is 0 Å². The molecule has 0 unspecified atom stereocenters. The highest BCUT2D eigenvalue weighted by molar-refractivity contribution is 8.37. The predicted molar refractivity (Wildman–Crippen MR) is 203 cm³/mol. The molecule has 48 heavy (non-hydrogen) atoms. The number of hydrogen-bond acceptors (Lipinski definition) is 10. The van der Waals surface area contributed by atoms with Gasteiger partial charge in [0.05, 0.1) is 38.3 Å². The number of benzene rings is 2. The first kappa shape index (κ1) is 38.6. The predicted octanol–water partition coefficient (Wildman–Crippen LogP) is 12.1. The molecule has 0 saturated heterocycles. The highest BCUT2D eigenvalue weighted by Gasteiger charge is 2.32. The van der Waals surface area contributed by atoms with Gasteiger partial charge in [-0.3, -0.25) is 9.59 Å². The molecule has 0 saturated carbocycles. The van der Waals surface area contributed by atoms with Crippen molar-refractivity contribution in [2.75, 3.05) is 0 Å². The number of carbonyl (C=O) groups excluding carboxylic acids is 2. The summed E-state index contributed by atoms with van der Waals surface area (Å²) in [6.07, 6.45) is 0. The summed E-state index contributed by atoms with van der Waals surface area (Å²) in [5, 5.41) is 0. The van der Waals surface area contributed by atoms with E-state index in [4.69, 9.17) is 0 Å². The maximum Gasteiger partial charge on any atom is 0.796 e. The van der Waals surface area contributed by atoms with E-state index in [1.54, 1.807) is 0 Å². The third-order valence-electron chi connectivity index (χ3n) is 6.42. The van der Waals surface area contributed by atoms with Gasteiger partial charge in [0.2, 0.25) is 0 Å². The topological polar surface area (TPSA) is 52.6 Å². The Kier molecular flexibility index (Phi) is 14.2. The number of rotatable bonds is 13. The van der Waals surface area contributed by atoms with Gasteiger partial charge in [0.1, 0.15) is 0 Å². The SMILES string of the molecule is CC(=O)/C(SC1=C(C)S/C(=C(/C(=C2/SC(C)=C(S/C(C(C)=O)=C(/C)OB(F)F)S2)c2ccccc2)c2ccccc2)S1)=C(\C)OB(F)F. The number of thioether (sulfide) groups is 6. The molecule has 2 heterocycles. The number of carbonyl (C=O) groups is 2. The second-order valence-corrected chi connectivity index (χ2v) is 17.6. The fourth-order valence-electron chi connectivity index (χ4n) is 4.39. The van der Waals surface area contributed by atoms with Gasteiger partial charge < -0.3 is 9.31 Å². The average Bonchev–Trinajstić information content (AvgIpc) is 3.57. The molecule has 2 aliphatic heterocycles. The van der Waals surface area contributed by atoms with Crippen LogP contribution in [0.15, 0.2) is 109 Å². The molecule has 250 valence electrons. The van der Waals surface area contributed by atoms with E-state index in [1.165, 1.54) is 74.7 Å². The van der Waals surface area contributed by atoms with Gasteiger partial charge >= 0.3 is 14.9 Å². The molecule has 4 rings (SSSR count). The molecule has 2 aromatic rings. The Balaban J connectivity index is 1.85. The monoisotopic (exact) mass is 766 g/mol. The first-order valence-corrected chi connectivity index (χ1v) is 19.1. The van der Waals surface area contributed by atoms with Crippen LogP contribution in [0.3, 0.4) is 0 Å². The van der Waals surface area contributed by atoms with Gasteiger partial charge in [0.25, 0.3) is 0 Å². The molecule has 0 radical (unpaired) electrons. The normalized spacial score (nSPS) is 18.0. The highest BCUT2D eigenvalue weighted by atomic mass is 32.2. The molecule has 2 aliphatic rings. The fourth-order valence-corrected chi connectivity index (χ4v) is 12.6. The molecule has 4 nitrogen and oxygen atoms in total. The third kappa shape index (κ3) is 9.94. The van der Waals surface area contributed by atoms with Crippen molar-refractivity contribution in [2.45, 2.75) is 41.5 Å². The van der Waals surface area contributed by atoms with Crippen LogP contribution in [0.5, 0.6) is 0 Å². The van der Waals surface area contributed by atoms with Crippen molar-refractivity contribution >= 4 is 108 Å². The maximum atomic E-state index is 13.0. The average molecular weight is 767 g/mol. The summed E-state index contributed by atoms with van der Waals surface area (Å²) >= 11 is 8.19.